The normalized spacial score (nSPS) is 10.8. The minimum absolute atomic E-state index is 0.0195. The number of hydrogen-bond donors (Lipinski definition) is 0. The van der Waals surface area contributed by atoms with E-state index >= 15 is 0 Å². The zero-order valence-corrected chi connectivity index (χ0v) is 21.1. The lowest BCUT2D eigenvalue weighted by Crippen LogP contribution is -2.12. The molecule has 0 heterocycles. The van der Waals surface area contributed by atoms with Crippen molar-refractivity contribution < 1.29 is 32.2 Å². The third-order valence-corrected chi connectivity index (χ3v) is 5.86. The number of unbranched alkanes of at least 4 members (excludes halogenated alkanes) is 1. The smallest absolute Gasteiger partial charge is 0.346 e. The molecule has 0 aliphatic heterocycles. The van der Waals surface area contributed by atoms with Gasteiger partial charge in [-0.2, -0.15) is 0 Å². The largest absolute Gasteiger partial charge is 0.494 e. The summed E-state index contributed by atoms with van der Waals surface area (Å²) >= 11 is 0. The second-order valence-electron chi connectivity index (χ2n) is 8.51. The molecule has 0 atom stereocenters. The standard InChI is InChI=1S/C31H27F3O4/c1-3-5-18-37-23-11-8-21(9-12-23)25-15-16-26(30(34)29(25)33)31(35)38-24-13-6-20(7-14-24)22-10-17-28(36-4-2)27(32)19-22/h6-17,19H,3-5,18H2,1-2H3. The molecule has 0 spiro atoms. The van der Waals surface area contributed by atoms with Gasteiger partial charge in [-0.15, -0.1) is 0 Å². The summed E-state index contributed by atoms with van der Waals surface area (Å²) in [6.45, 7) is 4.77. The minimum atomic E-state index is -1.29. The molecule has 4 rings (SSSR count). The topological polar surface area (TPSA) is 44.8 Å². The second kappa shape index (κ2) is 12.3. The van der Waals surface area contributed by atoms with Gasteiger partial charge in [-0.05, 0) is 72.5 Å². The Hall–Kier alpha value is -4.26. The van der Waals surface area contributed by atoms with Gasteiger partial charge in [0.05, 0.1) is 18.8 Å². The summed E-state index contributed by atoms with van der Waals surface area (Å²) in [6, 6.07) is 20.0. The Morgan fingerprint density at radius 1 is 0.711 bits per heavy atom. The molecule has 0 bridgehead atoms. The van der Waals surface area contributed by atoms with E-state index in [1.807, 2.05) is 0 Å². The monoisotopic (exact) mass is 520 g/mol. The van der Waals surface area contributed by atoms with E-state index in [4.69, 9.17) is 14.2 Å². The first-order chi connectivity index (χ1) is 18.4. The lowest BCUT2D eigenvalue weighted by atomic mass is 10.0. The van der Waals surface area contributed by atoms with Crippen molar-refractivity contribution >= 4 is 5.97 Å². The highest BCUT2D eigenvalue weighted by Gasteiger charge is 2.21. The first kappa shape index (κ1) is 26.8. The highest BCUT2D eigenvalue weighted by molar-refractivity contribution is 5.92. The van der Waals surface area contributed by atoms with Crippen LogP contribution in [-0.4, -0.2) is 19.2 Å². The van der Waals surface area contributed by atoms with Crippen molar-refractivity contribution in [1.29, 1.82) is 0 Å². The molecular formula is C31H27F3O4. The molecule has 0 saturated heterocycles. The van der Waals surface area contributed by atoms with Gasteiger partial charge in [0.2, 0.25) is 0 Å². The predicted molar refractivity (Wildman–Crippen MR) is 140 cm³/mol. The van der Waals surface area contributed by atoms with Crippen LogP contribution in [0.25, 0.3) is 22.3 Å². The van der Waals surface area contributed by atoms with Gasteiger partial charge in [-0.1, -0.05) is 49.7 Å². The fourth-order valence-corrected chi connectivity index (χ4v) is 3.83. The molecule has 4 aromatic rings. The van der Waals surface area contributed by atoms with Gasteiger partial charge in [-0.25, -0.2) is 18.0 Å². The molecule has 0 N–H and O–H groups in total. The SMILES string of the molecule is CCCCOc1ccc(-c2ccc(C(=O)Oc3ccc(-c4ccc(OCC)c(F)c4)cc3)c(F)c2F)cc1. The number of hydrogen-bond acceptors (Lipinski definition) is 4. The number of carbonyl (C=O) groups excluding carboxylic acids is 1. The van der Waals surface area contributed by atoms with E-state index in [9.17, 15) is 18.0 Å². The van der Waals surface area contributed by atoms with E-state index in [0.29, 0.717) is 35.7 Å². The predicted octanol–water partition coefficient (Wildman–Crippen LogP) is 8.23. The summed E-state index contributed by atoms with van der Waals surface area (Å²) in [5.41, 5.74) is 1.23. The molecule has 7 heteroatoms. The van der Waals surface area contributed by atoms with Gasteiger partial charge in [0, 0.05) is 5.56 Å². The molecule has 4 nitrogen and oxygen atoms in total. The Bertz CT molecular complexity index is 1400. The first-order valence-corrected chi connectivity index (χ1v) is 12.4. The maximum Gasteiger partial charge on any atom is 0.346 e. The number of benzene rings is 4. The van der Waals surface area contributed by atoms with Crippen LogP contribution < -0.4 is 14.2 Å². The average molecular weight is 521 g/mol. The molecule has 0 radical (unpaired) electrons. The Morgan fingerprint density at radius 3 is 2.03 bits per heavy atom. The van der Waals surface area contributed by atoms with Gasteiger partial charge < -0.3 is 14.2 Å². The molecule has 0 amide bonds. The quantitative estimate of drug-likeness (QED) is 0.120. The summed E-state index contributed by atoms with van der Waals surface area (Å²) in [5, 5.41) is 0. The van der Waals surface area contributed by atoms with Crippen LogP contribution in [0.1, 0.15) is 37.0 Å². The summed E-state index contributed by atoms with van der Waals surface area (Å²) in [5.74, 6) is -3.03. The highest BCUT2D eigenvalue weighted by atomic mass is 19.2. The molecular weight excluding hydrogens is 493 g/mol. The molecule has 0 fully saturated rings. The lowest BCUT2D eigenvalue weighted by molar-refractivity contribution is 0.0728. The Labute approximate surface area is 219 Å². The molecule has 38 heavy (non-hydrogen) atoms. The highest BCUT2D eigenvalue weighted by Crippen LogP contribution is 2.30. The molecule has 4 aromatic carbocycles. The first-order valence-electron chi connectivity index (χ1n) is 12.4. The Morgan fingerprint density at radius 2 is 1.37 bits per heavy atom. The average Bonchev–Trinajstić information content (AvgIpc) is 2.92. The van der Waals surface area contributed by atoms with Crippen molar-refractivity contribution in [2.75, 3.05) is 13.2 Å². The van der Waals surface area contributed by atoms with Crippen molar-refractivity contribution in [3.05, 3.63) is 102 Å². The van der Waals surface area contributed by atoms with Crippen LogP contribution in [0, 0.1) is 17.5 Å². The van der Waals surface area contributed by atoms with Crippen molar-refractivity contribution in [1.82, 2.24) is 0 Å². The van der Waals surface area contributed by atoms with Crippen LogP contribution in [0.5, 0.6) is 17.2 Å². The van der Waals surface area contributed by atoms with E-state index in [1.165, 1.54) is 30.3 Å². The second-order valence-corrected chi connectivity index (χ2v) is 8.51. The van der Waals surface area contributed by atoms with E-state index in [-0.39, 0.29) is 17.1 Å². The molecule has 0 saturated carbocycles. The number of carbonyl (C=O) groups is 1. The van der Waals surface area contributed by atoms with Crippen molar-refractivity contribution in [2.45, 2.75) is 26.7 Å². The van der Waals surface area contributed by atoms with Gasteiger partial charge >= 0.3 is 5.97 Å². The summed E-state index contributed by atoms with van der Waals surface area (Å²) in [4.78, 5) is 12.6. The van der Waals surface area contributed by atoms with Crippen molar-refractivity contribution in [3.63, 3.8) is 0 Å². The van der Waals surface area contributed by atoms with Crippen LogP contribution in [0.3, 0.4) is 0 Å². The minimum Gasteiger partial charge on any atom is -0.494 e. The van der Waals surface area contributed by atoms with E-state index in [1.54, 1.807) is 55.5 Å². The van der Waals surface area contributed by atoms with Crippen molar-refractivity contribution in [3.8, 4) is 39.5 Å². The zero-order valence-electron chi connectivity index (χ0n) is 21.1. The third kappa shape index (κ3) is 6.17. The number of esters is 1. The van der Waals surface area contributed by atoms with Crippen LogP contribution in [0.2, 0.25) is 0 Å². The third-order valence-electron chi connectivity index (χ3n) is 5.86. The van der Waals surface area contributed by atoms with E-state index in [0.717, 1.165) is 12.8 Å². The molecule has 0 unspecified atom stereocenters. The zero-order chi connectivity index (χ0) is 27.1. The van der Waals surface area contributed by atoms with Crippen LogP contribution in [0.4, 0.5) is 13.2 Å². The Kier molecular flexibility index (Phi) is 8.69. The Balaban J connectivity index is 1.46. The molecule has 0 aliphatic rings. The van der Waals surface area contributed by atoms with Gasteiger partial charge in [0.1, 0.15) is 11.5 Å². The molecule has 0 aromatic heterocycles. The maximum absolute atomic E-state index is 14.9. The number of rotatable bonds is 10. The van der Waals surface area contributed by atoms with E-state index in [2.05, 4.69) is 6.92 Å². The maximum atomic E-state index is 14.9. The van der Waals surface area contributed by atoms with E-state index < -0.39 is 29.0 Å². The van der Waals surface area contributed by atoms with Gasteiger partial charge in [0.15, 0.2) is 23.2 Å². The number of ether oxygens (including phenoxy) is 3. The van der Waals surface area contributed by atoms with Crippen LogP contribution in [0.15, 0.2) is 78.9 Å². The van der Waals surface area contributed by atoms with Crippen LogP contribution >= 0.6 is 0 Å². The van der Waals surface area contributed by atoms with Crippen LogP contribution in [-0.2, 0) is 0 Å². The lowest BCUT2D eigenvalue weighted by Gasteiger charge is -2.11. The molecule has 0 aliphatic carbocycles. The van der Waals surface area contributed by atoms with Crippen molar-refractivity contribution in [2.24, 2.45) is 0 Å². The van der Waals surface area contributed by atoms with Gasteiger partial charge in [0.25, 0.3) is 0 Å². The number of halogens is 3. The summed E-state index contributed by atoms with van der Waals surface area (Å²) in [7, 11) is 0. The molecule has 196 valence electrons. The van der Waals surface area contributed by atoms with Gasteiger partial charge in [-0.3, -0.25) is 0 Å². The summed E-state index contributed by atoms with van der Waals surface area (Å²) in [6.07, 6.45) is 1.93. The summed E-state index contributed by atoms with van der Waals surface area (Å²) < 4.78 is 60.0. The fraction of sp³-hybridized carbons (Fsp3) is 0.194. The fourth-order valence-electron chi connectivity index (χ4n) is 3.83.